The molecule has 2 aromatic carbocycles. The standard InChI is InChI=1S/C18H22N2O/c1-14-5-4-6-15(13-14)11-12-20-18(21)10-9-16-7-2-3-8-17(16)19/h2-8,13H,9-12,19H2,1H3,(H,20,21). The largest absolute Gasteiger partial charge is 0.399 e. The Kier molecular flexibility index (Phi) is 5.38. The van der Waals surface area contributed by atoms with Crippen LogP contribution in [-0.2, 0) is 17.6 Å². The normalized spacial score (nSPS) is 10.3. The Morgan fingerprint density at radius 1 is 1.10 bits per heavy atom. The minimum atomic E-state index is 0.0749. The molecule has 0 fully saturated rings. The fourth-order valence-corrected chi connectivity index (χ4v) is 2.31. The molecule has 0 spiro atoms. The first-order valence-corrected chi connectivity index (χ1v) is 7.31. The van der Waals surface area contributed by atoms with Crippen LogP contribution in [0.1, 0.15) is 23.1 Å². The van der Waals surface area contributed by atoms with Crippen molar-refractivity contribution in [3.8, 4) is 0 Å². The summed E-state index contributed by atoms with van der Waals surface area (Å²) >= 11 is 0. The Morgan fingerprint density at radius 2 is 1.90 bits per heavy atom. The third kappa shape index (κ3) is 4.95. The predicted molar refractivity (Wildman–Crippen MR) is 87.1 cm³/mol. The number of nitrogens with one attached hydrogen (secondary N) is 1. The van der Waals surface area contributed by atoms with Crippen LogP contribution in [0.2, 0.25) is 0 Å². The molecule has 1 amide bonds. The molecule has 0 heterocycles. The van der Waals surface area contributed by atoms with E-state index < -0.39 is 0 Å². The molecule has 3 N–H and O–H groups in total. The molecule has 0 saturated heterocycles. The summed E-state index contributed by atoms with van der Waals surface area (Å²) in [4.78, 5) is 11.8. The highest BCUT2D eigenvalue weighted by Crippen LogP contribution is 2.12. The van der Waals surface area contributed by atoms with E-state index in [1.54, 1.807) is 0 Å². The molecule has 2 aromatic rings. The molecule has 2 rings (SSSR count). The van der Waals surface area contributed by atoms with E-state index in [2.05, 4.69) is 30.4 Å². The Balaban J connectivity index is 1.72. The minimum absolute atomic E-state index is 0.0749. The quantitative estimate of drug-likeness (QED) is 0.800. The summed E-state index contributed by atoms with van der Waals surface area (Å²) in [7, 11) is 0. The van der Waals surface area contributed by atoms with Crippen LogP contribution in [-0.4, -0.2) is 12.5 Å². The third-order valence-electron chi connectivity index (χ3n) is 3.49. The highest BCUT2D eigenvalue weighted by Gasteiger charge is 2.04. The predicted octanol–water partition coefficient (Wildman–Crippen LogP) is 2.87. The van der Waals surface area contributed by atoms with E-state index in [4.69, 9.17) is 5.73 Å². The average Bonchev–Trinajstić information content (AvgIpc) is 2.46. The Morgan fingerprint density at radius 3 is 2.67 bits per heavy atom. The smallest absolute Gasteiger partial charge is 0.220 e. The van der Waals surface area contributed by atoms with Crippen LogP contribution in [0.3, 0.4) is 0 Å². The van der Waals surface area contributed by atoms with Gasteiger partial charge in [-0.1, -0.05) is 48.0 Å². The number of nitrogens with two attached hydrogens (primary N) is 1. The number of nitrogen functional groups attached to an aromatic ring is 1. The summed E-state index contributed by atoms with van der Waals surface area (Å²) in [5.74, 6) is 0.0749. The van der Waals surface area contributed by atoms with Crippen molar-refractivity contribution in [1.29, 1.82) is 0 Å². The van der Waals surface area contributed by atoms with E-state index in [0.717, 1.165) is 17.7 Å². The summed E-state index contributed by atoms with van der Waals surface area (Å²) in [5, 5.41) is 2.96. The van der Waals surface area contributed by atoms with Crippen LogP contribution in [0.4, 0.5) is 5.69 Å². The van der Waals surface area contributed by atoms with Crippen molar-refractivity contribution < 1.29 is 4.79 Å². The lowest BCUT2D eigenvalue weighted by atomic mass is 10.1. The van der Waals surface area contributed by atoms with Gasteiger partial charge in [0.25, 0.3) is 0 Å². The Labute approximate surface area is 126 Å². The number of hydrogen-bond donors (Lipinski definition) is 2. The number of benzene rings is 2. The SMILES string of the molecule is Cc1cccc(CCNC(=O)CCc2ccccc2N)c1. The van der Waals surface area contributed by atoms with Crippen molar-refractivity contribution in [2.75, 3.05) is 12.3 Å². The fraction of sp³-hybridized carbons (Fsp3) is 0.278. The van der Waals surface area contributed by atoms with Crippen LogP contribution in [0, 0.1) is 6.92 Å². The Bertz CT molecular complexity index is 608. The minimum Gasteiger partial charge on any atom is -0.399 e. The number of para-hydroxylation sites is 1. The first-order chi connectivity index (χ1) is 10.1. The topological polar surface area (TPSA) is 55.1 Å². The van der Waals surface area contributed by atoms with Gasteiger partial charge in [-0.3, -0.25) is 4.79 Å². The van der Waals surface area contributed by atoms with Crippen molar-refractivity contribution in [3.05, 3.63) is 65.2 Å². The number of carbonyl (C=O) groups excluding carboxylic acids is 1. The van der Waals surface area contributed by atoms with Crippen molar-refractivity contribution >= 4 is 11.6 Å². The van der Waals surface area contributed by atoms with E-state index in [1.807, 2.05) is 30.3 Å². The molecule has 0 radical (unpaired) electrons. The van der Waals surface area contributed by atoms with E-state index in [-0.39, 0.29) is 5.91 Å². The molecule has 0 saturated carbocycles. The van der Waals surface area contributed by atoms with Gasteiger partial charge >= 0.3 is 0 Å². The third-order valence-corrected chi connectivity index (χ3v) is 3.49. The molecule has 21 heavy (non-hydrogen) atoms. The zero-order valence-corrected chi connectivity index (χ0v) is 12.4. The van der Waals surface area contributed by atoms with Crippen LogP contribution in [0.15, 0.2) is 48.5 Å². The highest BCUT2D eigenvalue weighted by atomic mass is 16.1. The van der Waals surface area contributed by atoms with Crippen molar-refractivity contribution in [3.63, 3.8) is 0 Å². The van der Waals surface area contributed by atoms with Gasteiger partial charge < -0.3 is 11.1 Å². The van der Waals surface area contributed by atoms with Gasteiger partial charge in [0.1, 0.15) is 0 Å². The van der Waals surface area contributed by atoms with Crippen molar-refractivity contribution in [2.24, 2.45) is 0 Å². The fourth-order valence-electron chi connectivity index (χ4n) is 2.31. The molecule has 110 valence electrons. The zero-order chi connectivity index (χ0) is 15.1. The second-order valence-corrected chi connectivity index (χ2v) is 5.29. The van der Waals surface area contributed by atoms with Crippen molar-refractivity contribution in [2.45, 2.75) is 26.2 Å². The van der Waals surface area contributed by atoms with E-state index in [1.165, 1.54) is 11.1 Å². The lowest BCUT2D eigenvalue weighted by molar-refractivity contribution is -0.121. The number of hydrogen-bond acceptors (Lipinski definition) is 2. The van der Waals surface area contributed by atoms with Crippen LogP contribution in [0.25, 0.3) is 0 Å². The monoisotopic (exact) mass is 282 g/mol. The highest BCUT2D eigenvalue weighted by molar-refractivity contribution is 5.76. The van der Waals surface area contributed by atoms with Gasteiger partial charge in [0.15, 0.2) is 0 Å². The van der Waals surface area contributed by atoms with Gasteiger partial charge in [-0.2, -0.15) is 0 Å². The van der Waals surface area contributed by atoms with Crippen LogP contribution < -0.4 is 11.1 Å². The summed E-state index contributed by atoms with van der Waals surface area (Å²) in [6.45, 7) is 2.75. The second-order valence-electron chi connectivity index (χ2n) is 5.29. The summed E-state index contributed by atoms with van der Waals surface area (Å²) in [6.07, 6.45) is 2.02. The van der Waals surface area contributed by atoms with Crippen LogP contribution in [0.5, 0.6) is 0 Å². The first-order valence-electron chi connectivity index (χ1n) is 7.31. The lowest BCUT2D eigenvalue weighted by Crippen LogP contribution is -2.25. The zero-order valence-electron chi connectivity index (χ0n) is 12.4. The van der Waals surface area contributed by atoms with E-state index in [0.29, 0.717) is 19.4 Å². The Hall–Kier alpha value is -2.29. The van der Waals surface area contributed by atoms with Crippen molar-refractivity contribution in [1.82, 2.24) is 5.32 Å². The first kappa shape index (κ1) is 15.1. The van der Waals surface area contributed by atoms with E-state index in [9.17, 15) is 4.79 Å². The molecular weight excluding hydrogens is 260 g/mol. The average molecular weight is 282 g/mol. The number of aryl methyl sites for hydroxylation is 2. The molecule has 0 unspecified atom stereocenters. The van der Waals surface area contributed by atoms with E-state index >= 15 is 0 Å². The second kappa shape index (κ2) is 7.48. The molecular formula is C18H22N2O. The molecule has 3 nitrogen and oxygen atoms in total. The van der Waals surface area contributed by atoms with Gasteiger partial charge in [-0.25, -0.2) is 0 Å². The van der Waals surface area contributed by atoms with Gasteiger partial charge in [-0.05, 0) is 37.0 Å². The molecule has 0 aliphatic rings. The molecule has 0 bridgehead atoms. The number of rotatable bonds is 6. The maximum Gasteiger partial charge on any atom is 0.220 e. The number of anilines is 1. The number of amides is 1. The van der Waals surface area contributed by atoms with Gasteiger partial charge in [0.2, 0.25) is 5.91 Å². The molecule has 0 aliphatic heterocycles. The maximum absolute atomic E-state index is 11.8. The summed E-state index contributed by atoms with van der Waals surface area (Å²) in [5.41, 5.74) is 10.2. The van der Waals surface area contributed by atoms with Gasteiger partial charge in [0.05, 0.1) is 0 Å². The lowest BCUT2D eigenvalue weighted by Gasteiger charge is -2.07. The molecule has 0 aliphatic carbocycles. The summed E-state index contributed by atoms with van der Waals surface area (Å²) in [6, 6.07) is 16.0. The molecule has 0 aromatic heterocycles. The maximum atomic E-state index is 11.8. The van der Waals surface area contributed by atoms with Gasteiger partial charge in [-0.15, -0.1) is 0 Å². The number of carbonyl (C=O) groups is 1. The molecule has 0 atom stereocenters. The van der Waals surface area contributed by atoms with Gasteiger partial charge in [0, 0.05) is 18.7 Å². The summed E-state index contributed by atoms with van der Waals surface area (Å²) < 4.78 is 0. The molecule has 3 heteroatoms. The van der Waals surface area contributed by atoms with Crippen LogP contribution >= 0.6 is 0 Å².